The van der Waals surface area contributed by atoms with Gasteiger partial charge in [-0.1, -0.05) is 0 Å². The number of imide groups is 1. The SMILES string of the molecule is CC(=O)CC(=S)O[N+]1(O)C(=O)CCC1=O. The van der Waals surface area contributed by atoms with Crippen molar-refractivity contribution >= 4 is 34.9 Å². The van der Waals surface area contributed by atoms with Gasteiger partial charge in [-0.3, -0.25) is 9.63 Å². The second kappa shape index (κ2) is 4.13. The lowest BCUT2D eigenvalue weighted by Gasteiger charge is -2.16. The number of thiocarbonyl (C=S) groups is 1. The van der Waals surface area contributed by atoms with E-state index in [-0.39, 0.29) is 30.1 Å². The van der Waals surface area contributed by atoms with Gasteiger partial charge in [-0.05, 0) is 19.1 Å². The van der Waals surface area contributed by atoms with Crippen LogP contribution < -0.4 is 0 Å². The third-order valence-corrected chi connectivity index (χ3v) is 2.07. The molecule has 1 saturated heterocycles. The number of ketones is 1. The number of hydroxylamine groups is 4. The summed E-state index contributed by atoms with van der Waals surface area (Å²) in [5, 5.41) is 9.26. The maximum absolute atomic E-state index is 11.2. The van der Waals surface area contributed by atoms with Crippen molar-refractivity contribution < 1.29 is 29.2 Å². The van der Waals surface area contributed by atoms with Gasteiger partial charge in [0.2, 0.25) is 5.05 Å². The zero-order valence-corrected chi connectivity index (χ0v) is 8.87. The van der Waals surface area contributed by atoms with Crippen LogP contribution in [-0.4, -0.2) is 32.7 Å². The molecule has 0 spiro atoms. The lowest BCUT2D eigenvalue weighted by molar-refractivity contribution is -1.11. The molecule has 0 bridgehead atoms. The first-order valence-electron chi connectivity index (χ1n) is 4.26. The van der Waals surface area contributed by atoms with Gasteiger partial charge < -0.3 is 0 Å². The molecule has 1 rings (SSSR count). The normalized spacial score (nSPS) is 19.1. The predicted octanol–water partition coefficient (Wildman–Crippen LogP) is 0.277. The zero-order valence-electron chi connectivity index (χ0n) is 8.06. The van der Waals surface area contributed by atoms with Crippen molar-refractivity contribution in [2.24, 2.45) is 0 Å². The standard InChI is InChI=1S/C8H10NO5S/c1-5(10)4-8(15)14-9(13)6(11)2-3-7(9)12/h13H,2-4H2,1H3/q+1. The molecule has 1 N–H and O–H groups in total. The van der Waals surface area contributed by atoms with Gasteiger partial charge in [0.15, 0.2) is 0 Å². The Labute approximate surface area is 90.9 Å². The summed E-state index contributed by atoms with van der Waals surface area (Å²) in [6.07, 6.45) is -0.382. The first-order chi connectivity index (χ1) is 6.86. The summed E-state index contributed by atoms with van der Waals surface area (Å²) >= 11 is 4.62. The first-order valence-corrected chi connectivity index (χ1v) is 4.67. The Balaban J connectivity index is 2.71. The minimum Gasteiger partial charge on any atom is -0.299 e. The van der Waals surface area contributed by atoms with Crippen LogP contribution in [0.25, 0.3) is 0 Å². The molecule has 0 aromatic rings. The smallest absolute Gasteiger partial charge is 0.299 e. The number of Topliss-reactive ketones (excluding diaryl/α,β-unsaturated/α-hetero) is 1. The number of hydrogen-bond donors (Lipinski definition) is 1. The molecule has 15 heavy (non-hydrogen) atoms. The fourth-order valence-corrected chi connectivity index (χ4v) is 1.45. The lowest BCUT2D eigenvalue weighted by atomic mass is 10.3. The van der Waals surface area contributed by atoms with Crippen molar-refractivity contribution in [3.05, 3.63) is 0 Å². The van der Waals surface area contributed by atoms with E-state index in [4.69, 9.17) is 0 Å². The van der Waals surface area contributed by atoms with E-state index in [1.54, 1.807) is 0 Å². The van der Waals surface area contributed by atoms with E-state index in [0.29, 0.717) is 0 Å². The van der Waals surface area contributed by atoms with Crippen molar-refractivity contribution in [1.82, 2.24) is 0 Å². The van der Waals surface area contributed by atoms with E-state index in [2.05, 4.69) is 17.1 Å². The van der Waals surface area contributed by atoms with Crippen molar-refractivity contribution in [3.8, 4) is 0 Å². The molecule has 0 saturated carbocycles. The Morgan fingerprint density at radius 2 is 1.93 bits per heavy atom. The summed E-state index contributed by atoms with van der Waals surface area (Å²) in [7, 11) is 0. The van der Waals surface area contributed by atoms with Gasteiger partial charge in [-0.2, -0.15) is 5.21 Å². The first kappa shape index (κ1) is 11.9. The van der Waals surface area contributed by atoms with Gasteiger partial charge in [0, 0.05) is 0 Å². The molecule has 0 unspecified atom stereocenters. The summed E-state index contributed by atoms with van der Waals surface area (Å²) < 4.78 is 0. The quantitative estimate of drug-likeness (QED) is 0.326. The lowest BCUT2D eigenvalue weighted by Crippen LogP contribution is -2.50. The van der Waals surface area contributed by atoms with Gasteiger partial charge in [0.05, 0.1) is 19.3 Å². The third-order valence-electron chi connectivity index (χ3n) is 1.86. The predicted molar refractivity (Wildman–Crippen MR) is 50.3 cm³/mol. The van der Waals surface area contributed by atoms with Crippen LogP contribution in [0.2, 0.25) is 0 Å². The minimum absolute atomic E-state index is 0.0853. The molecule has 1 fully saturated rings. The molecule has 82 valence electrons. The second-order valence-electron chi connectivity index (χ2n) is 3.21. The van der Waals surface area contributed by atoms with Gasteiger partial charge in [-0.25, -0.2) is 9.59 Å². The van der Waals surface area contributed by atoms with Gasteiger partial charge >= 0.3 is 11.8 Å². The third kappa shape index (κ3) is 2.44. The summed E-state index contributed by atoms with van der Waals surface area (Å²) in [5.74, 6) is -1.82. The summed E-state index contributed by atoms with van der Waals surface area (Å²) in [6.45, 7) is 1.28. The number of rotatable bonds is 3. The van der Waals surface area contributed by atoms with E-state index in [1.807, 2.05) is 0 Å². The zero-order chi connectivity index (χ0) is 11.6. The van der Waals surface area contributed by atoms with E-state index >= 15 is 0 Å². The second-order valence-corrected chi connectivity index (χ2v) is 3.66. The molecule has 7 heteroatoms. The fourth-order valence-electron chi connectivity index (χ4n) is 1.14. The van der Waals surface area contributed by atoms with Crippen LogP contribution in [0.15, 0.2) is 0 Å². The highest BCUT2D eigenvalue weighted by molar-refractivity contribution is 7.80. The number of quaternary nitrogens is 1. The molecule has 0 aromatic carbocycles. The van der Waals surface area contributed by atoms with Crippen LogP contribution >= 0.6 is 12.2 Å². The van der Waals surface area contributed by atoms with Gasteiger partial charge in [0.1, 0.15) is 10.6 Å². The maximum Gasteiger partial charge on any atom is 0.397 e. The molecule has 0 radical (unpaired) electrons. The van der Waals surface area contributed by atoms with Crippen molar-refractivity contribution in [2.45, 2.75) is 26.2 Å². The average molecular weight is 232 g/mol. The molecule has 1 aliphatic heterocycles. The van der Waals surface area contributed by atoms with Crippen LogP contribution in [0, 0.1) is 0 Å². The van der Waals surface area contributed by atoms with Crippen molar-refractivity contribution in [1.29, 1.82) is 0 Å². The number of amides is 2. The highest BCUT2D eigenvalue weighted by Crippen LogP contribution is 2.21. The highest BCUT2D eigenvalue weighted by Gasteiger charge is 2.54. The number of hydrogen-bond acceptors (Lipinski definition) is 6. The molecular weight excluding hydrogens is 222 g/mol. The van der Waals surface area contributed by atoms with Crippen molar-refractivity contribution in [3.63, 3.8) is 0 Å². The minimum atomic E-state index is -1.76. The number of carbonyl (C=O) groups is 3. The van der Waals surface area contributed by atoms with Gasteiger partial charge in [0.25, 0.3) is 0 Å². The van der Waals surface area contributed by atoms with E-state index < -0.39 is 16.6 Å². The van der Waals surface area contributed by atoms with Gasteiger partial charge in [-0.15, -0.1) is 0 Å². The Kier molecular flexibility index (Phi) is 3.28. The van der Waals surface area contributed by atoms with Crippen LogP contribution in [0.5, 0.6) is 0 Å². The number of nitrogens with zero attached hydrogens (tertiary/aromatic N) is 1. The highest BCUT2D eigenvalue weighted by atomic mass is 32.1. The molecule has 2 amide bonds. The Morgan fingerprint density at radius 3 is 2.33 bits per heavy atom. The Morgan fingerprint density at radius 1 is 1.47 bits per heavy atom. The monoisotopic (exact) mass is 232 g/mol. The molecule has 1 heterocycles. The molecule has 0 aliphatic carbocycles. The Bertz CT molecular complexity index is 335. The van der Waals surface area contributed by atoms with Crippen LogP contribution in [0.4, 0.5) is 0 Å². The Hall–Kier alpha value is -1.18. The summed E-state index contributed by atoms with van der Waals surface area (Å²) in [4.78, 5) is 35.9. The van der Waals surface area contributed by atoms with Crippen LogP contribution in [0.1, 0.15) is 26.2 Å². The molecule has 0 atom stereocenters. The average Bonchev–Trinajstić information content (AvgIpc) is 2.31. The number of carbonyl (C=O) groups excluding carboxylic acids is 3. The van der Waals surface area contributed by atoms with E-state index in [1.165, 1.54) is 6.92 Å². The topological polar surface area (TPSA) is 80.7 Å². The summed E-state index contributed by atoms with van der Waals surface area (Å²) in [6, 6.07) is 0. The molecule has 6 nitrogen and oxygen atoms in total. The molecule has 0 aromatic heterocycles. The van der Waals surface area contributed by atoms with Crippen LogP contribution in [0.3, 0.4) is 0 Å². The van der Waals surface area contributed by atoms with E-state index in [0.717, 1.165) is 0 Å². The molecule has 1 aliphatic rings. The van der Waals surface area contributed by atoms with Crippen molar-refractivity contribution in [2.75, 3.05) is 0 Å². The largest absolute Gasteiger partial charge is 0.397 e. The maximum atomic E-state index is 11.2. The molecular formula is C8H10NO5S+. The van der Waals surface area contributed by atoms with E-state index in [9.17, 15) is 19.6 Å². The van der Waals surface area contributed by atoms with Crippen LogP contribution in [-0.2, 0) is 19.2 Å². The fraction of sp³-hybridized carbons (Fsp3) is 0.500. The summed E-state index contributed by atoms with van der Waals surface area (Å²) in [5.41, 5.74) is 0.